The second-order valence-electron chi connectivity index (χ2n) is 10.3. The van der Waals surface area contributed by atoms with Gasteiger partial charge in [-0.25, -0.2) is 18.3 Å². The second kappa shape index (κ2) is 12.3. The summed E-state index contributed by atoms with van der Waals surface area (Å²) in [4.78, 5) is 40.6. The van der Waals surface area contributed by atoms with Crippen LogP contribution in [0.25, 0.3) is 17.5 Å². The molecule has 2 amide bonds. The first-order valence-electron chi connectivity index (χ1n) is 13.8. The summed E-state index contributed by atoms with van der Waals surface area (Å²) in [6.45, 7) is 1.78. The molecule has 1 unspecified atom stereocenters. The molecule has 0 fully saturated rings. The van der Waals surface area contributed by atoms with Crippen molar-refractivity contribution < 1.29 is 28.3 Å². The summed E-state index contributed by atoms with van der Waals surface area (Å²) in [5.41, 5.74) is 2.60. The molecule has 2 aromatic heterocycles. The minimum Gasteiger partial charge on any atom is -0.476 e. The molecule has 0 aliphatic carbocycles. The Balaban J connectivity index is 1.40. The van der Waals surface area contributed by atoms with Gasteiger partial charge < -0.3 is 15.3 Å². The quantitative estimate of drug-likeness (QED) is 0.245. The molecule has 0 saturated carbocycles. The van der Waals surface area contributed by atoms with Crippen molar-refractivity contribution in [3.8, 4) is 11.4 Å². The molecule has 3 heterocycles. The Labute approximate surface area is 264 Å². The molecule has 1 atom stereocenters. The summed E-state index contributed by atoms with van der Waals surface area (Å²) >= 11 is 6.03. The van der Waals surface area contributed by atoms with Gasteiger partial charge in [-0.05, 0) is 89.5 Å². The third-order valence-corrected chi connectivity index (χ3v) is 7.76. The maximum absolute atomic E-state index is 15.2. The molecule has 15 heteroatoms. The molecule has 0 bridgehead atoms. The normalized spacial score (nSPS) is 14.3. The zero-order valence-electron chi connectivity index (χ0n) is 23.9. The van der Waals surface area contributed by atoms with Crippen LogP contribution in [-0.2, 0) is 16.0 Å². The highest BCUT2D eigenvalue weighted by atomic mass is 35.5. The fourth-order valence-electron chi connectivity index (χ4n) is 5.37. The molecule has 0 radical (unpaired) electrons. The molecule has 1 aliphatic heterocycles. The average molecular weight is 645 g/mol. The van der Waals surface area contributed by atoms with Crippen molar-refractivity contribution in [3.63, 3.8) is 0 Å². The van der Waals surface area contributed by atoms with Gasteiger partial charge in [0.1, 0.15) is 18.2 Å². The third kappa shape index (κ3) is 5.73. The molecule has 6 rings (SSSR count). The zero-order chi connectivity index (χ0) is 32.5. The van der Waals surface area contributed by atoms with Crippen LogP contribution in [0.2, 0.25) is 5.02 Å². The summed E-state index contributed by atoms with van der Waals surface area (Å²) < 4.78 is 31.4. The van der Waals surface area contributed by atoms with Crippen LogP contribution in [-0.4, -0.2) is 64.3 Å². The van der Waals surface area contributed by atoms with Crippen molar-refractivity contribution in [1.29, 1.82) is 0 Å². The third-order valence-electron chi connectivity index (χ3n) is 7.47. The number of carboxylic acid groups (broad SMARTS) is 1. The van der Waals surface area contributed by atoms with Crippen LogP contribution in [0.3, 0.4) is 0 Å². The number of hydrogen-bond donors (Lipinski definition) is 2. The monoisotopic (exact) mass is 644 g/mol. The first kappa shape index (κ1) is 30.3. The van der Waals surface area contributed by atoms with Gasteiger partial charge in [0.15, 0.2) is 11.5 Å². The Hall–Kier alpha value is -5.76. The molecule has 5 aromatic rings. The SMILES string of the molecule is Cc1cc(C(=O)O)nn1-c1cccc2c1CCN(C(=O)/C=C/c1c(-n3cnnn3)ccc(Cl)c1F)C2C(=O)Nc1ccc(F)cc1. The van der Waals surface area contributed by atoms with Crippen LogP contribution < -0.4 is 5.32 Å². The zero-order valence-corrected chi connectivity index (χ0v) is 24.7. The number of anilines is 1. The Morgan fingerprint density at radius 2 is 1.85 bits per heavy atom. The molecule has 12 nitrogen and oxygen atoms in total. The van der Waals surface area contributed by atoms with E-state index in [-0.39, 0.29) is 34.9 Å². The molecular formula is C31H23ClF2N8O4. The number of nitrogens with one attached hydrogen (secondary N) is 1. The standard InChI is InChI=1S/C31H23ClF2N8O4/c1-17-15-24(31(45)46)37-42(17)26-4-2-3-21-20(26)13-14-40(29(21)30(44)36-19-7-5-18(33)6-8-19)27(43)12-9-22-25(41-16-35-38-39-41)11-10-23(32)28(22)34/h2-12,15-16,29H,13-14H2,1H3,(H,36,44)(H,45,46)/b12-9+. The maximum Gasteiger partial charge on any atom is 0.356 e. The van der Waals surface area contributed by atoms with Gasteiger partial charge in [-0.2, -0.15) is 9.78 Å². The van der Waals surface area contributed by atoms with E-state index in [4.69, 9.17) is 11.6 Å². The highest BCUT2D eigenvalue weighted by Crippen LogP contribution is 2.35. The summed E-state index contributed by atoms with van der Waals surface area (Å²) in [7, 11) is 0. The summed E-state index contributed by atoms with van der Waals surface area (Å²) in [6, 6.07) is 13.4. The molecule has 1 aliphatic rings. The van der Waals surface area contributed by atoms with Crippen LogP contribution in [0.1, 0.15) is 38.9 Å². The number of carboxylic acids is 1. The van der Waals surface area contributed by atoms with Gasteiger partial charge in [0.05, 0.1) is 16.4 Å². The van der Waals surface area contributed by atoms with Crippen molar-refractivity contribution in [2.45, 2.75) is 19.4 Å². The summed E-state index contributed by atoms with van der Waals surface area (Å²) in [5.74, 6) is -3.67. The number of amides is 2. The van der Waals surface area contributed by atoms with E-state index in [0.717, 1.165) is 6.08 Å². The predicted octanol–water partition coefficient (Wildman–Crippen LogP) is 4.56. The molecule has 0 saturated heterocycles. The maximum atomic E-state index is 15.2. The molecule has 232 valence electrons. The second-order valence-corrected chi connectivity index (χ2v) is 10.7. The Bertz CT molecular complexity index is 2010. The molecule has 46 heavy (non-hydrogen) atoms. The largest absolute Gasteiger partial charge is 0.476 e. The van der Waals surface area contributed by atoms with Crippen LogP contribution in [0.4, 0.5) is 14.5 Å². The van der Waals surface area contributed by atoms with E-state index in [2.05, 4.69) is 25.9 Å². The van der Waals surface area contributed by atoms with Crippen LogP contribution in [0.5, 0.6) is 0 Å². The van der Waals surface area contributed by atoms with Crippen molar-refractivity contribution in [2.75, 3.05) is 11.9 Å². The van der Waals surface area contributed by atoms with Gasteiger partial charge in [-0.1, -0.05) is 23.7 Å². The van der Waals surface area contributed by atoms with Gasteiger partial charge in [0, 0.05) is 29.6 Å². The number of fused-ring (bicyclic) bond motifs is 1. The number of aryl methyl sites for hydroxylation is 1. The number of tetrazole rings is 1. The van der Waals surface area contributed by atoms with Crippen molar-refractivity contribution in [2.24, 2.45) is 0 Å². The average Bonchev–Trinajstić information content (AvgIpc) is 3.72. The van der Waals surface area contributed by atoms with E-state index in [1.807, 2.05) is 0 Å². The van der Waals surface area contributed by atoms with Crippen LogP contribution >= 0.6 is 11.6 Å². The number of hydrogen-bond acceptors (Lipinski definition) is 7. The number of carbonyl (C=O) groups is 3. The Kier molecular flexibility index (Phi) is 8.11. The fraction of sp³-hybridized carbons (Fsp3) is 0.129. The molecule has 2 N–H and O–H groups in total. The van der Waals surface area contributed by atoms with Crippen LogP contribution in [0.15, 0.2) is 73.1 Å². The van der Waals surface area contributed by atoms with Gasteiger partial charge in [-0.15, -0.1) is 5.10 Å². The lowest BCUT2D eigenvalue weighted by atomic mass is 9.90. The van der Waals surface area contributed by atoms with E-state index in [0.29, 0.717) is 28.2 Å². The summed E-state index contributed by atoms with van der Waals surface area (Å²) in [5, 5.41) is 27.2. The lowest BCUT2D eigenvalue weighted by molar-refractivity contribution is -0.135. The number of halogens is 3. The number of rotatable bonds is 7. The first-order chi connectivity index (χ1) is 22.1. The van der Waals surface area contributed by atoms with E-state index in [1.165, 1.54) is 69.1 Å². The topological polar surface area (TPSA) is 148 Å². The van der Waals surface area contributed by atoms with Crippen molar-refractivity contribution in [1.82, 2.24) is 34.9 Å². The van der Waals surface area contributed by atoms with Crippen LogP contribution in [0, 0.1) is 18.6 Å². The van der Waals surface area contributed by atoms with Gasteiger partial charge in [-0.3, -0.25) is 9.59 Å². The molecule has 3 aromatic carbocycles. The van der Waals surface area contributed by atoms with Gasteiger partial charge >= 0.3 is 5.97 Å². The smallest absolute Gasteiger partial charge is 0.356 e. The van der Waals surface area contributed by atoms with E-state index < -0.39 is 35.5 Å². The Morgan fingerprint density at radius 1 is 1.07 bits per heavy atom. The fourth-order valence-corrected chi connectivity index (χ4v) is 5.54. The molecule has 0 spiro atoms. The highest BCUT2D eigenvalue weighted by molar-refractivity contribution is 6.31. The first-order valence-corrected chi connectivity index (χ1v) is 14.2. The summed E-state index contributed by atoms with van der Waals surface area (Å²) in [6.07, 6.45) is 3.92. The minimum atomic E-state index is -1.19. The van der Waals surface area contributed by atoms with Crippen molar-refractivity contribution in [3.05, 3.63) is 118 Å². The number of aromatic carboxylic acids is 1. The lowest BCUT2D eigenvalue weighted by Gasteiger charge is -2.36. The van der Waals surface area contributed by atoms with Crippen molar-refractivity contribution >= 4 is 41.1 Å². The predicted molar refractivity (Wildman–Crippen MR) is 162 cm³/mol. The Morgan fingerprint density at radius 3 is 2.54 bits per heavy atom. The van der Waals surface area contributed by atoms with E-state index >= 15 is 4.39 Å². The number of carbonyl (C=O) groups excluding carboxylic acids is 2. The van der Waals surface area contributed by atoms with Gasteiger partial charge in [0.25, 0.3) is 5.91 Å². The number of nitrogens with zero attached hydrogens (tertiary/aromatic N) is 7. The lowest BCUT2D eigenvalue weighted by Crippen LogP contribution is -2.45. The number of aromatic nitrogens is 6. The van der Waals surface area contributed by atoms with Gasteiger partial charge in [0.2, 0.25) is 5.91 Å². The highest BCUT2D eigenvalue weighted by Gasteiger charge is 2.37. The number of benzene rings is 3. The van der Waals surface area contributed by atoms with E-state index in [9.17, 15) is 23.9 Å². The minimum absolute atomic E-state index is 0.0523. The van der Waals surface area contributed by atoms with E-state index in [1.54, 1.807) is 25.1 Å². The molecular weight excluding hydrogens is 622 g/mol.